The fourth-order valence-corrected chi connectivity index (χ4v) is 3.57. The van der Waals surface area contributed by atoms with Gasteiger partial charge in [0.25, 0.3) is 5.91 Å². The molecule has 0 aliphatic rings. The van der Waals surface area contributed by atoms with Crippen LogP contribution in [-0.4, -0.2) is 27.2 Å². The highest BCUT2D eigenvalue weighted by Crippen LogP contribution is 2.27. The first kappa shape index (κ1) is 17.5. The second-order valence-electron chi connectivity index (χ2n) is 4.85. The summed E-state index contributed by atoms with van der Waals surface area (Å²) in [5, 5.41) is 12.1. The summed E-state index contributed by atoms with van der Waals surface area (Å²) in [4.78, 5) is 29.5. The highest BCUT2D eigenvalue weighted by Gasteiger charge is 2.17. The minimum absolute atomic E-state index is 0.223. The monoisotopic (exact) mass is 350 g/mol. The molecule has 0 fully saturated rings. The third-order valence-electron chi connectivity index (χ3n) is 3.13. The van der Waals surface area contributed by atoms with E-state index in [9.17, 15) is 9.59 Å². The van der Waals surface area contributed by atoms with Crippen LogP contribution in [0.25, 0.3) is 0 Å². The summed E-state index contributed by atoms with van der Waals surface area (Å²) in [7, 11) is 0. The van der Waals surface area contributed by atoms with Crippen LogP contribution in [0.5, 0.6) is 0 Å². The van der Waals surface area contributed by atoms with Gasteiger partial charge in [0.05, 0.1) is 12.1 Å². The van der Waals surface area contributed by atoms with Crippen molar-refractivity contribution < 1.29 is 14.7 Å². The number of benzene rings is 1. The Morgan fingerprint density at radius 1 is 1.39 bits per heavy atom. The lowest BCUT2D eigenvalue weighted by Gasteiger charge is -2.11. The third kappa shape index (κ3) is 4.80. The lowest BCUT2D eigenvalue weighted by Crippen LogP contribution is -2.23. The number of carboxylic acids is 1. The molecule has 2 rings (SSSR count). The number of aromatic nitrogens is 1. The van der Waals surface area contributed by atoms with Crippen LogP contribution in [0.1, 0.15) is 34.1 Å². The summed E-state index contributed by atoms with van der Waals surface area (Å²) in [6, 6.07) is 7.02. The Bertz CT molecular complexity index is 700. The predicted octanol–water partition coefficient (Wildman–Crippen LogP) is 3.20. The molecule has 1 amide bonds. The van der Waals surface area contributed by atoms with Gasteiger partial charge in [-0.3, -0.25) is 9.59 Å². The number of carbonyl (C=O) groups excluding carboxylic acids is 1. The van der Waals surface area contributed by atoms with Gasteiger partial charge in [-0.05, 0) is 25.5 Å². The Morgan fingerprint density at radius 2 is 2.13 bits per heavy atom. The fourth-order valence-electron chi connectivity index (χ4n) is 1.84. The molecular formula is C16H18N2O3S2. The number of thioether (sulfide) groups is 1. The number of hydrogen-bond acceptors (Lipinski definition) is 5. The molecule has 0 radical (unpaired) electrons. The van der Waals surface area contributed by atoms with Crippen molar-refractivity contribution in [3.8, 4) is 0 Å². The summed E-state index contributed by atoms with van der Waals surface area (Å²) >= 11 is 2.74. The number of nitrogens with zero attached hydrogens (tertiary/aromatic N) is 1. The molecular weight excluding hydrogens is 332 g/mol. The summed E-state index contributed by atoms with van der Waals surface area (Å²) in [5.41, 5.74) is 0.484. The van der Waals surface area contributed by atoms with Crippen molar-refractivity contribution in [3.63, 3.8) is 0 Å². The van der Waals surface area contributed by atoms with Gasteiger partial charge in [-0.25, -0.2) is 4.98 Å². The largest absolute Gasteiger partial charge is 0.480 e. The van der Waals surface area contributed by atoms with E-state index in [1.165, 1.54) is 4.88 Å². The fraction of sp³-hybridized carbons (Fsp3) is 0.312. The van der Waals surface area contributed by atoms with Crippen LogP contribution in [0.15, 0.2) is 35.4 Å². The lowest BCUT2D eigenvalue weighted by molar-refractivity contribution is -0.136. The molecule has 0 spiro atoms. The van der Waals surface area contributed by atoms with E-state index in [2.05, 4.69) is 17.2 Å². The summed E-state index contributed by atoms with van der Waals surface area (Å²) in [6.45, 7) is 4.04. The van der Waals surface area contributed by atoms with Gasteiger partial charge in [0.2, 0.25) is 0 Å². The smallest absolute Gasteiger partial charge is 0.316 e. The second-order valence-corrected chi connectivity index (χ2v) is 7.43. The van der Waals surface area contributed by atoms with Crippen LogP contribution >= 0.6 is 23.1 Å². The normalized spacial score (nSPS) is 11.9. The number of amides is 1. The standard InChI is InChI=1S/C16H18N2O3S2/c1-3-11-8-17-14(23-11)9-18-15(19)12-6-4-5-7-13(12)22-10(2)16(20)21/h4-8,10H,3,9H2,1-2H3,(H,18,19)(H,20,21). The van der Waals surface area contributed by atoms with Crippen LogP contribution in [-0.2, 0) is 17.8 Å². The molecule has 2 N–H and O–H groups in total. The Balaban J connectivity index is 2.05. The SMILES string of the molecule is CCc1cnc(CNC(=O)c2ccccc2SC(C)C(=O)O)s1. The molecule has 122 valence electrons. The van der Waals surface area contributed by atoms with E-state index >= 15 is 0 Å². The van der Waals surface area contributed by atoms with E-state index in [0.29, 0.717) is 17.0 Å². The number of carbonyl (C=O) groups is 2. The molecule has 1 aromatic heterocycles. The molecule has 0 saturated heterocycles. The van der Waals surface area contributed by atoms with Crippen molar-refractivity contribution in [2.75, 3.05) is 0 Å². The number of aliphatic carboxylic acids is 1. The summed E-state index contributed by atoms with van der Waals surface area (Å²) in [6.07, 6.45) is 2.75. The zero-order valence-corrected chi connectivity index (χ0v) is 14.5. The molecule has 0 aliphatic carbocycles. The number of carboxylic acid groups (broad SMARTS) is 1. The topological polar surface area (TPSA) is 79.3 Å². The van der Waals surface area contributed by atoms with Crippen molar-refractivity contribution in [1.82, 2.24) is 10.3 Å². The van der Waals surface area contributed by atoms with Gasteiger partial charge in [-0.1, -0.05) is 19.1 Å². The predicted molar refractivity (Wildman–Crippen MR) is 92.1 cm³/mol. The molecule has 5 nitrogen and oxygen atoms in total. The number of nitrogens with one attached hydrogen (secondary N) is 1. The van der Waals surface area contributed by atoms with E-state index < -0.39 is 11.2 Å². The van der Waals surface area contributed by atoms with Crippen molar-refractivity contribution in [3.05, 3.63) is 45.9 Å². The quantitative estimate of drug-likeness (QED) is 0.750. The first-order valence-corrected chi connectivity index (χ1v) is 8.91. The van der Waals surface area contributed by atoms with Gasteiger partial charge in [0.15, 0.2) is 0 Å². The van der Waals surface area contributed by atoms with Crippen molar-refractivity contribution >= 4 is 35.0 Å². The molecule has 1 atom stereocenters. The van der Waals surface area contributed by atoms with E-state index in [1.807, 2.05) is 6.20 Å². The van der Waals surface area contributed by atoms with Crippen LogP contribution in [0.3, 0.4) is 0 Å². The van der Waals surface area contributed by atoms with Gasteiger partial charge >= 0.3 is 5.97 Å². The minimum atomic E-state index is -0.903. The Labute approximate surface area is 143 Å². The average molecular weight is 350 g/mol. The number of rotatable bonds is 7. The molecule has 23 heavy (non-hydrogen) atoms. The maximum Gasteiger partial charge on any atom is 0.316 e. The van der Waals surface area contributed by atoms with E-state index in [-0.39, 0.29) is 5.91 Å². The Kier molecular flexibility index (Phi) is 6.18. The molecule has 1 heterocycles. The van der Waals surface area contributed by atoms with Crippen LogP contribution in [0.4, 0.5) is 0 Å². The molecule has 0 aliphatic heterocycles. The zero-order valence-electron chi connectivity index (χ0n) is 12.9. The number of hydrogen-bond donors (Lipinski definition) is 2. The maximum absolute atomic E-state index is 12.4. The van der Waals surface area contributed by atoms with Gasteiger partial charge in [-0.15, -0.1) is 23.1 Å². The first-order valence-electron chi connectivity index (χ1n) is 7.21. The number of thiazole rings is 1. The van der Waals surface area contributed by atoms with Crippen molar-refractivity contribution in [1.29, 1.82) is 0 Å². The van der Waals surface area contributed by atoms with Crippen molar-refractivity contribution in [2.45, 2.75) is 37.0 Å². The van der Waals surface area contributed by atoms with Gasteiger partial charge in [-0.2, -0.15) is 0 Å². The average Bonchev–Trinajstić information content (AvgIpc) is 3.01. The number of aryl methyl sites for hydroxylation is 1. The Morgan fingerprint density at radius 3 is 2.78 bits per heavy atom. The van der Waals surface area contributed by atoms with Crippen LogP contribution in [0, 0.1) is 0 Å². The minimum Gasteiger partial charge on any atom is -0.480 e. The first-order chi connectivity index (χ1) is 11.0. The highest BCUT2D eigenvalue weighted by atomic mass is 32.2. The van der Waals surface area contributed by atoms with Crippen LogP contribution < -0.4 is 5.32 Å². The molecule has 1 unspecified atom stereocenters. The molecule has 0 saturated carbocycles. The lowest BCUT2D eigenvalue weighted by atomic mass is 10.2. The Hall–Kier alpha value is -1.86. The molecule has 0 bridgehead atoms. The maximum atomic E-state index is 12.4. The highest BCUT2D eigenvalue weighted by molar-refractivity contribution is 8.00. The molecule has 7 heteroatoms. The van der Waals surface area contributed by atoms with Gasteiger partial charge in [0.1, 0.15) is 10.3 Å². The van der Waals surface area contributed by atoms with Gasteiger partial charge in [0, 0.05) is 16.0 Å². The summed E-state index contributed by atoms with van der Waals surface area (Å²) < 4.78 is 0. The van der Waals surface area contributed by atoms with Crippen LogP contribution in [0.2, 0.25) is 0 Å². The van der Waals surface area contributed by atoms with E-state index in [1.54, 1.807) is 42.5 Å². The van der Waals surface area contributed by atoms with Crippen molar-refractivity contribution in [2.24, 2.45) is 0 Å². The molecule has 2 aromatic rings. The zero-order chi connectivity index (χ0) is 16.8. The second kappa shape index (κ2) is 8.12. The summed E-state index contributed by atoms with van der Waals surface area (Å²) in [5.74, 6) is -1.13. The van der Waals surface area contributed by atoms with E-state index in [0.717, 1.165) is 23.2 Å². The van der Waals surface area contributed by atoms with E-state index in [4.69, 9.17) is 5.11 Å². The van der Waals surface area contributed by atoms with Gasteiger partial charge < -0.3 is 10.4 Å². The third-order valence-corrected chi connectivity index (χ3v) is 5.44. The molecule has 1 aromatic carbocycles.